The van der Waals surface area contributed by atoms with Crippen molar-refractivity contribution in [3.05, 3.63) is 24.3 Å². The van der Waals surface area contributed by atoms with Gasteiger partial charge in [-0.15, -0.1) is 0 Å². The molecule has 110 valence electrons. The molecule has 0 aromatic heterocycles. The molecule has 1 atom stereocenters. The number of benzene rings is 1. The van der Waals surface area contributed by atoms with Crippen LogP contribution in [0.1, 0.15) is 6.42 Å². The minimum atomic E-state index is -3.05. The molecular weight excluding hydrogens is 280 g/mol. The first kappa shape index (κ1) is 14.8. The zero-order valence-electron chi connectivity index (χ0n) is 11.2. The fraction of sp³-hybridized carbons (Fsp3) is 0.462. The molecule has 1 aromatic rings. The molecule has 0 saturated carbocycles. The van der Waals surface area contributed by atoms with Gasteiger partial charge in [0.1, 0.15) is 5.75 Å². The van der Waals surface area contributed by atoms with Gasteiger partial charge in [-0.25, -0.2) is 8.42 Å². The summed E-state index contributed by atoms with van der Waals surface area (Å²) in [6, 6.07) is 6.03. The maximum Gasteiger partial charge on any atom is 0.228 e. The molecule has 1 aliphatic heterocycles. The minimum Gasteiger partial charge on any atom is -0.508 e. The largest absolute Gasteiger partial charge is 0.508 e. The van der Waals surface area contributed by atoms with Crippen LogP contribution in [0.15, 0.2) is 24.3 Å². The molecule has 1 unspecified atom stereocenters. The van der Waals surface area contributed by atoms with Crippen molar-refractivity contribution < 1.29 is 18.3 Å². The summed E-state index contributed by atoms with van der Waals surface area (Å²) in [6.45, 7) is 0.385. The number of amides is 1. The minimum absolute atomic E-state index is 0.00732. The van der Waals surface area contributed by atoms with Crippen LogP contribution >= 0.6 is 0 Å². The van der Waals surface area contributed by atoms with E-state index < -0.39 is 9.84 Å². The number of phenolic OH excluding ortho intramolecular Hbond substituents is 1. The molecule has 2 N–H and O–H groups in total. The number of nitrogens with one attached hydrogen (secondary N) is 1. The van der Waals surface area contributed by atoms with Crippen molar-refractivity contribution >= 4 is 21.4 Å². The molecule has 0 spiro atoms. The van der Waals surface area contributed by atoms with Crippen LogP contribution in [0.4, 0.5) is 5.69 Å². The van der Waals surface area contributed by atoms with Gasteiger partial charge in [0.2, 0.25) is 5.91 Å². The predicted octanol–water partition coefficient (Wildman–Crippen LogP) is 0.132. The Morgan fingerprint density at radius 2 is 2.25 bits per heavy atom. The molecule has 0 bridgehead atoms. The van der Waals surface area contributed by atoms with Crippen molar-refractivity contribution in [3.63, 3.8) is 0 Å². The summed E-state index contributed by atoms with van der Waals surface area (Å²) in [5, 5.41) is 12.5. The molecule has 0 aliphatic carbocycles. The smallest absolute Gasteiger partial charge is 0.228 e. The number of hydrogen-bond donors (Lipinski definition) is 2. The predicted molar refractivity (Wildman–Crippen MR) is 76.6 cm³/mol. The van der Waals surface area contributed by atoms with E-state index in [4.69, 9.17) is 0 Å². The molecule has 1 heterocycles. The molecule has 1 amide bonds. The third-order valence-corrected chi connectivity index (χ3v) is 5.05. The van der Waals surface area contributed by atoms with E-state index in [9.17, 15) is 18.3 Å². The summed E-state index contributed by atoms with van der Waals surface area (Å²) in [4.78, 5) is 13.6. The van der Waals surface area contributed by atoms with Crippen molar-refractivity contribution in [1.82, 2.24) is 5.32 Å². The standard InChI is InChI=1S/C13H18N2O4S/c1-15(11-3-2-4-12(16)8-11)13(17)7-10-9-20(18,19)6-5-14-10/h2-4,8,10,14,16H,5-7,9H2,1H3. The lowest BCUT2D eigenvalue weighted by Gasteiger charge is -2.25. The molecule has 20 heavy (non-hydrogen) atoms. The van der Waals surface area contributed by atoms with Crippen molar-refractivity contribution in [2.45, 2.75) is 12.5 Å². The van der Waals surface area contributed by atoms with Gasteiger partial charge in [0.25, 0.3) is 0 Å². The average Bonchev–Trinajstić information content (AvgIpc) is 2.36. The van der Waals surface area contributed by atoms with Crippen LogP contribution in [-0.4, -0.2) is 50.6 Å². The van der Waals surface area contributed by atoms with Gasteiger partial charge >= 0.3 is 0 Å². The first-order valence-corrected chi connectivity index (χ1v) is 8.19. The van der Waals surface area contributed by atoms with E-state index in [2.05, 4.69) is 5.32 Å². The molecule has 6 nitrogen and oxygen atoms in total. The van der Waals surface area contributed by atoms with Gasteiger partial charge in [-0.05, 0) is 12.1 Å². The number of anilines is 1. The van der Waals surface area contributed by atoms with E-state index in [1.807, 2.05) is 0 Å². The summed E-state index contributed by atoms with van der Waals surface area (Å²) in [5.74, 6) is 0.0119. The van der Waals surface area contributed by atoms with Gasteiger partial charge in [-0.3, -0.25) is 4.79 Å². The highest BCUT2D eigenvalue weighted by atomic mass is 32.2. The quantitative estimate of drug-likeness (QED) is 0.828. The molecule has 2 rings (SSSR count). The third kappa shape index (κ3) is 3.71. The second-order valence-electron chi connectivity index (χ2n) is 4.94. The molecule has 7 heteroatoms. The zero-order chi connectivity index (χ0) is 14.8. The monoisotopic (exact) mass is 298 g/mol. The van der Waals surface area contributed by atoms with Crippen molar-refractivity contribution in [2.24, 2.45) is 0 Å². The maximum atomic E-state index is 12.1. The number of rotatable bonds is 3. The van der Waals surface area contributed by atoms with E-state index in [-0.39, 0.29) is 35.6 Å². The number of carbonyl (C=O) groups is 1. The van der Waals surface area contributed by atoms with Gasteiger partial charge in [0.05, 0.1) is 11.5 Å². The Kier molecular flexibility index (Phi) is 4.29. The van der Waals surface area contributed by atoms with Crippen molar-refractivity contribution in [2.75, 3.05) is 30.0 Å². The fourth-order valence-corrected chi connectivity index (χ4v) is 3.64. The number of carbonyl (C=O) groups excluding carboxylic acids is 1. The molecular formula is C13H18N2O4S. The molecule has 1 saturated heterocycles. The summed E-state index contributed by atoms with van der Waals surface area (Å²) >= 11 is 0. The van der Waals surface area contributed by atoms with Gasteiger partial charge in [0.15, 0.2) is 9.84 Å². The van der Waals surface area contributed by atoms with Crippen LogP contribution in [0.25, 0.3) is 0 Å². The Balaban J connectivity index is 2.01. The summed E-state index contributed by atoms with van der Waals surface area (Å²) in [6.07, 6.45) is 0.116. The molecule has 1 fully saturated rings. The lowest BCUT2D eigenvalue weighted by molar-refractivity contribution is -0.118. The third-order valence-electron chi connectivity index (χ3n) is 3.31. The van der Waals surface area contributed by atoms with Crippen molar-refractivity contribution in [1.29, 1.82) is 0 Å². The Bertz CT molecular complexity index is 600. The molecule has 0 radical (unpaired) electrons. The van der Waals surface area contributed by atoms with Crippen LogP contribution in [-0.2, 0) is 14.6 Å². The number of aromatic hydroxyl groups is 1. The van der Waals surface area contributed by atoms with Crippen molar-refractivity contribution in [3.8, 4) is 5.75 Å². The van der Waals surface area contributed by atoms with Crippen LogP contribution in [0.3, 0.4) is 0 Å². The van der Waals surface area contributed by atoms with Crippen LogP contribution < -0.4 is 10.2 Å². The van der Waals surface area contributed by atoms with Crippen LogP contribution in [0, 0.1) is 0 Å². The summed E-state index contributed by atoms with van der Waals surface area (Å²) < 4.78 is 23.1. The highest BCUT2D eigenvalue weighted by Crippen LogP contribution is 2.20. The number of nitrogens with zero attached hydrogens (tertiary/aromatic N) is 1. The number of phenols is 1. The van der Waals surface area contributed by atoms with E-state index in [1.54, 1.807) is 19.2 Å². The second-order valence-corrected chi connectivity index (χ2v) is 7.17. The first-order valence-electron chi connectivity index (χ1n) is 6.37. The van der Waals surface area contributed by atoms with E-state index in [0.29, 0.717) is 12.2 Å². The second kappa shape index (κ2) is 5.80. The molecule has 1 aromatic carbocycles. The van der Waals surface area contributed by atoms with Gasteiger partial charge in [0, 0.05) is 37.8 Å². The van der Waals surface area contributed by atoms with E-state index in [0.717, 1.165) is 0 Å². The Morgan fingerprint density at radius 3 is 2.90 bits per heavy atom. The lowest BCUT2D eigenvalue weighted by atomic mass is 10.2. The van der Waals surface area contributed by atoms with E-state index in [1.165, 1.54) is 17.0 Å². The van der Waals surface area contributed by atoms with E-state index >= 15 is 0 Å². The van der Waals surface area contributed by atoms with Crippen LogP contribution in [0.2, 0.25) is 0 Å². The Labute approximate surface area is 118 Å². The fourth-order valence-electron chi connectivity index (χ4n) is 2.19. The SMILES string of the molecule is CN(C(=O)CC1CS(=O)(=O)CCN1)c1cccc(O)c1. The number of sulfone groups is 1. The summed E-state index contributed by atoms with van der Waals surface area (Å²) in [7, 11) is -1.44. The number of hydrogen-bond acceptors (Lipinski definition) is 5. The Hall–Kier alpha value is -1.60. The maximum absolute atomic E-state index is 12.1. The zero-order valence-corrected chi connectivity index (χ0v) is 12.1. The molecule has 1 aliphatic rings. The topological polar surface area (TPSA) is 86.7 Å². The highest BCUT2D eigenvalue weighted by molar-refractivity contribution is 7.91. The Morgan fingerprint density at radius 1 is 1.50 bits per heavy atom. The normalized spacial score (nSPS) is 21.4. The highest BCUT2D eigenvalue weighted by Gasteiger charge is 2.27. The van der Waals surface area contributed by atoms with Gasteiger partial charge in [-0.2, -0.15) is 0 Å². The summed E-state index contributed by atoms with van der Waals surface area (Å²) in [5.41, 5.74) is 0.577. The van der Waals surface area contributed by atoms with Gasteiger partial charge in [-0.1, -0.05) is 6.07 Å². The van der Waals surface area contributed by atoms with Gasteiger partial charge < -0.3 is 15.3 Å². The lowest BCUT2D eigenvalue weighted by Crippen LogP contribution is -2.47. The first-order chi connectivity index (χ1) is 9.37. The van der Waals surface area contributed by atoms with Crippen LogP contribution in [0.5, 0.6) is 5.75 Å². The average molecular weight is 298 g/mol.